The lowest BCUT2D eigenvalue weighted by atomic mass is 10.2. The molecule has 1 atom stereocenters. The Morgan fingerprint density at radius 1 is 1.32 bits per heavy atom. The first-order valence-electron chi connectivity index (χ1n) is 6.57. The molecule has 0 aliphatic rings. The number of carbonyl (C=O) groups excluding carboxylic acids is 1. The van der Waals surface area contributed by atoms with Crippen molar-refractivity contribution >= 4 is 17.6 Å². The molecular formula is C15H21ClO3. The summed E-state index contributed by atoms with van der Waals surface area (Å²) in [4.78, 5) is 11.9. The van der Waals surface area contributed by atoms with Crippen LogP contribution in [-0.4, -0.2) is 25.3 Å². The van der Waals surface area contributed by atoms with Crippen molar-refractivity contribution in [1.29, 1.82) is 0 Å². The van der Waals surface area contributed by atoms with Gasteiger partial charge in [0.25, 0.3) is 0 Å². The van der Waals surface area contributed by atoms with Gasteiger partial charge in [-0.15, -0.1) is 0 Å². The number of esters is 1. The fourth-order valence-corrected chi connectivity index (χ4v) is 1.70. The summed E-state index contributed by atoms with van der Waals surface area (Å²) in [6.45, 7) is 7.23. The molecule has 106 valence electrons. The molecule has 1 unspecified atom stereocenters. The first-order valence-corrected chi connectivity index (χ1v) is 6.95. The number of ether oxygens (including phenoxy) is 2. The summed E-state index contributed by atoms with van der Waals surface area (Å²) in [5, 5.41) is 0.526. The fourth-order valence-electron chi connectivity index (χ4n) is 1.51. The highest BCUT2D eigenvalue weighted by molar-refractivity contribution is 6.30. The zero-order valence-corrected chi connectivity index (χ0v) is 12.4. The van der Waals surface area contributed by atoms with Gasteiger partial charge >= 0.3 is 5.97 Å². The third-order valence-corrected chi connectivity index (χ3v) is 2.78. The molecule has 0 aliphatic carbocycles. The van der Waals surface area contributed by atoms with Crippen molar-refractivity contribution in [2.24, 2.45) is 5.92 Å². The first kappa shape index (κ1) is 16.0. The topological polar surface area (TPSA) is 35.5 Å². The minimum Gasteiger partial charge on any atom is -0.456 e. The lowest BCUT2D eigenvalue weighted by Crippen LogP contribution is -2.24. The molecule has 0 saturated carbocycles. The molecule has 0 fully saturated rings. The Morgan fingerprint density at radius 2 is 2.05 bits per heavy atom. The molecule has 1 rings (SSSR count). The van der Waals surface area contributed by atoms with Gasteiger partial charge in [-0.1, -0.05) is 38.4 Å². The molecule has 0 aromatic heterocycles. The van der Waals surface area contributed by atoms with Crippen molar-refractivity contribution in [2.45, 2.75) is 33.3 Å². The van der Waals surface area contributed by atoms with E-state index in [0.717, 1.165) is 6.42 Å². The molecule has 0 bridgehead atoms. The van der Waals surface area contributed by atoms with Gasteiger partial charge < -0.3 is 9.47 Å². The van der Waals surface area contributed by atoms with Crippen LogP contribution in [0.5, 0.6) is 0 Å². The van der Waals surface area contributed by atoms with E-state index in [-0.39, 0.29) is 12.1 Å². The molecule has 0 saturated heterocycles. The molecule has 1 aromatic rings. The summed E-state index contributed by atoms with van der Waals surface area (Å²) in [5.41, 5.74) is 0.467. The number of hydrogen-bond donors (Lipinski definition) is 0. The molecular weight excluding hydrogens is 264 g/mol. The molecule has 19 heavy (non-hydrogen) atoms. The number of rotatable bonds is 7. The summed E-state index contributed by atoms with van der Waals surface area (Å²) in [5.74, 6) is 0.114. The van der Waals surface area contributed by atoms with E-state index in [9.17, 15) is 4.79 Å². The highest BCUT2D eigenvalue weighted by Gasteiger charge is 2.15. The van der Waals surface area contributed by atoms with Crippen molar-refractivity contribution in [3.8, 4) is 0 Å². The van der Waals surface area contributed by atoms with Gasteiger partial charge in [-0.05, 0) is 30.5 Å². The van der Waals surface area contributed by atoms with Crippen LogP contribution in [-0.2, 0) is 9.47 Å². The monoisotopic (exact) mass is 284 g/mol. The van der Waals surface area contributed by atoms with Crippen LogP contribution in [0.15, 0.2) is 24.3 Å². The Bertz CT molecular complexity index is 404. The molecule has 1 aromatic carbocycles. The Hall–Kier alpha value is -1.06. The third-order valence-electron chi connectivity index (χ3n) is 2.54. The van der Waals surface area contributed by atoms with E-state index in [2.05, 4.69) is 13.8 Å². The molecule has 0 heterocycles. The van der Waals surface area contributed by atoms with Crippen LogP contribution >= 0.6 is 11.6 Å². The molecule has 0 aliphatic heterocycles. The standard InChI is InChI=1S/C15H21ClO3/c1-4-14(10-18-9-11(2)3)19-15(17)12-6-5-7-13(16)8-12/h5-8,11,14H,4,9-10H2,1-3H3. The van der Waals surface area contributed by atoms with E-state index in [1.165, 1.54) is 0 Å². The second-order valence-corrected chi connectivity index (χ2v) is 5.31. The van der Waals surface area contributed by atoms with Crippen LogP contribution in [0.1, 0.15) is 37.6 Å². The van der Waals surface area contributed by atoms with Crippen LogP contribution < -0.4 is 0 Å². The lowest BCUT2D eigenvalue weighted by Gasteiger charge is -2.17. The van der Waals surface area contributed by atoms with Crippen LogP contribution in [0.4, 0.5) is 0 Å². The summed E-state index contributed by atoms with van der Waals surface area (Å²) in [7, 11) is 0. The quantitative estimate of drug-likeness (QED) is 0.711. The predicted molar refractivity (Wildman–Crippen MR) is 76.6 cm³/mol. The maximum atomic E-state index is 11.9. The van der Waals surface area contributed by atoms with Crippen LogP contribution in [0.2, 0.25) is 5.02 Å². The number of carbonyl (C=O) groups is 1. The minimum absolute atomic E-state index is 0.217. The molecule has 0 spiro atoms. The van der Waals surface area contributed by atoms with E-state index < -0.39 is 0 Å². The Morgan fingerprint density at radius 3 is 2.63 bits per heavy atom. The maximum Gasteiger partial charge on any atom is 0.338 e. The van der Waals surface area contributed by atoms with Crippen molar-refractivity contribution in [3.63, 3.8) is 0 Å². The minimum atomic E-state index is -0.359. The zero-order chi connectivity index (χ0) is 14.3. The molecule has 3 nitrogen and oxygen atoms in total. The molecule has 0 N–H and O–H groups in total. The van der Waals surface area contributed by atoms with E-state index >= 15 is 0 Å². The SMILES string of the molecule is CCC(COCC(C)C)OC(=O)c1cccc(Cl)c1. The average Bonchev–Trinajstić information content (AvgIpc) is 2.37. The van der Waals surface area contributed by atoms with Gasteiger partial charge in [0, 0.05) is 11.6 Å². The van der Waals surface area contributed by atoms with Crippen LogP contribution in [0.25, 0.3) is 0 Å². The predicted octanol–water partition coefficient (Wildman–Crippen LogP) is 3.95. The number of hydrogen-bond acceptors (Lipinski definition) is 3. The largest absolute Gasteiger partial charge is 0.456 e. The molecule has 4 heteroatoms. The van der Waals surface area contributed by atoms with Crippen LogP contribution in [0, 0.1) is 5.92 Å². The average molecular weight is 285 g/mol. The van der Waals surface area contributed by atoms with Crippen molar-refractivity contribution in [1.82, 2.24) is 0 Å². The van der Waals surface area contributed by atoms with Crippen molar-refractivity contribution < 1.29 is 14.3 Å². The normalized spacial score (nSPS) is 12.5. The molecule has 0 amide bonds. The lowest BCUT2D eigenvalue weighted by molar-refractivity contribution is -0.00996. The summed E-state index contributed by atoms with van der Waals surface area (Å²) in [6, 6.07) is 6.75. The second-order valence-electron chi connectivity index (χ2n) is 4.88. The first-order chi connectivity index (χ1) is 9.02. The third kappa shape index (κ3) is 6.08. The van der Waals surface area contributed by atoms with Gasteiger partial charge in [0.2, 0.25) is 0 Å². The van der Waals surface area contributed by atoms with Gasteiger partial charge in [0.1, 0.15) is 6.10 Å². The zero-order valence-electron chi connectivity index (χ0n) is 11.7. The van der Waals surface area contributed by atoms with Gasteiger partial charge in [-0.3, -0.25) is 0 Å². The number of halogens is 1. The highest BCUT2D eigenvalue weighted by atomic mass is 35.5. The van der Waals surface area contributed by atoms with Gasteiger partial charge in [-0.25, -0.2) is 4.79 Å². The van der Waals surface area contributed by atoms with Crippen molar-refractivity contribution in [3.05, 3.63) is 34.9 Å². The van der Waals surface area contributed by atoms with E-state index in [1.807, 2.05) is 6.92 Å². The van der Waals surface area contributed by atoms with Gasteiger partial charge in [0.15, 0.2) is 0 Å². The smallest absolute Gasteiger partial charge is 0.338 e. The summed E-state index contributed by atoms with van der Waals surface area (Å²) in [6.07, 6.45) is 0.509. The van der Waals surface area contributed by atoms with Crippen LogP contribution in [0.3, 0.4) is 0 Å². The Kier molecular flexibility index (Phi) is 6.89. The van der Waals surface area contributed by atoms with Gasteiger partial charge in [0.05, 0.1) is 12.2 Å². The fraction of sp³-hybridized carbons (Fsp3) is 0.533. The maximum absolute atomic E-state index is 11.9. The summed E-state index contributed by atoms with van der Waals surface area (Å²) >= 11 is 5.85. The Labute approximate surface area is 119 Å². The summed E-state index contributed by atoms with van der Waals surface area (Å²) < 4.78 is 10.9. The van der Waals surface area contributed by atoms with Crippen molar-refractivity contribution in [2.75, 3.05) is 13.2 Å². The Balaban J connectivity index is 2.48. The van der Waals surface area contributed by atoms with E-state index in [4.69, 9.17) is 21.1 Å². The molecule has 0 radical (unpaired) electrons. The number of benzene rings is 1. The second kappa shape index (κ2) is 8.18. The van der Waals surface area contributed by atoms with E-state index in [0.29, 0.717) is 29.7 Å². The van der Waals surface area contributed by atoms with E-state index in [1.54, 1.807) is 24.3 Å². The van der Waals surface area contributed by atoms with Gasteiger partial charge in [-0.2, -0.15) is 0 Å². The highest BCUT2D eigenvalue weighted by Crippen LogP contribution is 2.13.